The maximum absolute atomic E-state index is 11.8. The van der Waals surface area contributed by atoms with Gasteiger partial charge in [0.1, 0.15) is 11.9 Å². The van der Waals surface area contributed by atoms with Gasteiger partial charge in [0, 0.05) is 11.6 Å². The highest BCUT2D eigenvalue weighted by atomic mass is 16.6. The molecule has 4 nitrogen and oxygen atoms in total. The summed E-state index contributed by atoms with van der Waals surface area (Å²) < 4.78 is 5.27. The zero-order valence-electron chi connectivity index (χ0n) is 12.2. The molecule has 0 bridgehead atoms. The molecule has 1 aromatic carbocycles. The second kappa shape index (κ2) is 5.65. The van der Waals surface area contributed by atoms with E-state index in [0.29, 0.717) is 5.56 Å². The van der Waals surface area contributed by atoms with Crippen LogP contribution in [0.1, 0.15) is 48.7 Å². The van der Waals surface area contributed by atoms with Crippen LogP contribution in [0.15, 0.2) is 18.2 Å². The van der Waals surface area contributed by atoms with Gasteiger partial charge in [-0.05, 0) is 57.2 Å². The first kappa shape index (κ1) is 14.6. The first-order chi connectivity index (χ1) is 9.37. The molecule has 1 amide bonds. The molecule has 4 heteroatoms. The van der Waals surface area contributed by atoms with E-state index in [1.807, 2.05) is 39.0 Å². The van der Waals surface area contributed by atoms with E-state index in [2.05, 4.69) is 5.32 Å². The van der Waals surface area contributed by atoms with E-state index < -0.39 is 5.60 Å². The summed E-state index contributed by atoms with van der Waals surface area (Å²) in [4.78, 5) is 22.6. The van der Waals surface area contributed by atoms with Crippen molar-refractivity contribution >= 4 is 12.4 Å². The molecule has 1 unspecified atom stereocenters. The summed E-state index contributed by atoms with van der Waals surface area (Å²) in [5, 5.41) is 2.90. The molecule has 108 valence electrons. The number of aldehydes is 1. The average molecular weight is 275 g/mol. The van der Waals surface area contributed by atoms with Crippen LogP contribution in [-0.4, -0.2) is 24.0 Å². The zero-order chi connectivity index (χ0) is 14.8. The standard InChI is InChI=1S/C16H21NO3/c1-16(2,3)20-15(19)17-14-7-6-12-5-4-11(10-18)8-13(12)9-14/h4-5,8,10,14H,6-7,9H2,1-3H3,(H,17,19). The summed E-state index contributed by atoms with van der Waals surface area (Å²) in [6, 6.07) is 5.82. The third-order valence-electron chi connectivity index (χ3n) is 3.32. The highest BCUT2D eigenvalue weighted by molar-refractivity contribution is 5.75. The molecular weight excluding hydrogens is 254 g/mol. The molecule has 0 radical (unpaired) electrons. The Bertz CT molecular complexity index is 517. The molecule has 1 aliphatic rings. The molecule has 0 saturated heterocycles. The van der Waals surface area contributed by atoms with Crippen LogP contribution in [0.4, 0.5) is 4.79 Å². The second-order valence-corrected chi connectivity index (χ2v) is 6.23. The Balaban J connectivity index is 2.00. The predicted molar refractivity (Wildman–Crippen MR) is 77.0 cm³/mol. The average Bonchev–Trinajstić information content (AvgIpc) is 2.35. The number of rotatable bonds is 2. The van der Waals surface area contributed by atoms with Crippen molar-refractivity contribution in [3.05, 3.63) is 34.9 Å². The van der Waals surface area contributed by atoms with Gasteiger partial charge in [-0.3, -0.25) is 4.79 Å². The van der Waals surface area contributed by atoms with Gasteiger partial charge in [-0.15, -0.1) is 0 Å². The van der Waals surface area contributed by atoms with Crippen LogP contribution in [0.5, 0.6) is 0 Å². The fraction of sp³-hybridized carbons (Fsp3) is 0.500. The van der Waals surface area contributed by atoms with E-state index in [0.717, 1.165) is 31.1 Å². The second-order valence-electron chi connectivity index (χ2n) is 6.23. The molecular formula is C16H21NO3. The van der Waals surface area contributed by atoms with Crippen LogP contribution < -0.4 is 5.32 Å². The number of amides is 1. The number of hydrogen-bond acceptors (Lipinski definition) is 3. The summed E-state index contributed by atoms with van der Waals surface area (Å²) >= 11 is 0. The molecule has 0 spiro atoms. The van der Waals surface area contributed by atoms with E-state index in [9.17, 15) is 9.59 Å². The predicted octanol–water partition coefficient (Wildman–Crippen LogP) is 2.88. The lowest BCUT2D eigenvalue weighted by Crippen LogP contribution is -2.41. The fourth-order valence-corrected chi connectivity index (χ4v) is 2.45. The van der Waals surface area contributed by atoms with Crippen LogP contribution in [-0.2, 0) is 17.6 Å². The number of ether oxygens (including phenoxy) is 1. The van der Waals surface area contributed by atoms with Crippen molar-refractivity contribution in [2.75, 3.05) is 0 Å². The number of benzene rings is 1. The van der Waals surface area contributed by atoms with Crippen molar-refractivity contribution in [1.29, 1.82) is 0 Å². The number of aryl methyl sites for hydroxylation is 1. The van der Waals surface area contributed by atoms with Crippen LogP contribution in [0, 0.1) is 0 Å². The molecule has 0 heterocycles. The summed E-state index contributed by atoms with van der Waals surface area (Å²) in [5.41, 5.74) is 2.60. The normalized spacial score (nSPS) is 18.1. The zero-order valence-corrected chi connectivity index (χ0v) is 12.2. The molecule has 1 aliphatic carbocycles. The van der Waals surface area contributed by atoms with Crippen LogP contribution in [0.2, 0.25) is 0 Å². The molecule has 1 aromatic rings. The topological polar surface area (TPSA) is 55.4 Å². The van der Waals surface area contributed by atoms with E-state index in [1.54, 1.807) is 0 Å². The van der Waals surface area contributed by atoms with Gasteiger partial charge in [-0.2, -0.15) is 0 Å². The fourth-order valence-electron chi connectivity index (χ4n) is 2.45. The van der Waals surface area contributed by atoms with Crippen LogP contribution >= 0.6 is 0 Å². The van der Waals surface area contributed by atoms with Crippen molar-refractivity contribution in [2.45, 2.75) is 51.7 Å². The van der Waals surface area contributed by atoms with Gasteiger partial charge in [0.2, 0.25) is 0 Å². The number of fused-ring (bicyclic) bond motifs is 1. The molecule has 1 atom stereocenters. The lowest BCUT2D eigenvalue weighted by molar-refractivity contribution is 0.0500. The quantitative estimate of drug-likeness (QED) is 0.844. The Hall–Kier alpha value is -1.84. The summed E-state index contributed by atoms with van der Waals surface area (Å²) in [5.74, 6) is 0. The molecule has 0 aliphatic heterocycles. The molecule has 20 heavy (non-hydrogen) atoms. The summed E-state index contributed by atoms with van der Waals surface area (Å²) in [6.07, 6.45) is 3.03. The van der Waals surface area contributed by atoms with Gasteiger partial charge in [-0.1, -0.05) is 12.1 Å². The lowest BCUT2D eigenvalue weighted by Gasteiger charge is -2.27. The molecule has 0 fully saturated rings. The molecule has 0 aromatic heterocycles. The van der Waals surface area contributed by atoms with Gasteiger partial charge >= 0.3 is 6.09 Å². The Kier molecular flexibility index (Phi) is 4.12. The highest BCUT2D eigenvalue weighted by Crippen LogP contribution is 2.22. The van der Waals surface area contributed by atoms with E-state index in [1.165, 1.54) is 5.56 Å². The number of carbonyl (C=O) groups is 2. The first-order valence-corrected chi connectivity index (χ1v) is 6.94. The van der Waals surface area contributed by atoms with Crippen molar-refractivity contribution in [2.24, 2.45) is 0 Å². The number of hydrogen-bond donors (Lipinski definition) is 1. The number of nitrogens with one attached hydrogen (secondary N) is 1. The number of alkyl carbamates (subject to hydrolysis) is 1. The Morgan fingerprint density at radius 3 is 2.75 bits per heavy atom. The van der Waals surface area contributed by atoms with E-state index in [-0.39, 0.29) is 12.1 Å². The summed E-state index contributed by atoms with van der Waals surface area (Å²) in [7, 11) is 0. The van der Waals surface area contributed by atoms with E-state index in [4.69, 9.17) is 4.74 Å². The van der Waals surface area contributed by atoms with E-state index >= 15 is 0 Å². The molecule has 2 rings (SSSR count). The monoisotopic (exact) mass is 275 g/mol. The Morgan fingerprint density at radius 2 is 2.10 bits per heavy atom. The Morgan fingerprint density at radius 1 is 1.35 bits per heavy atom. The summed E-state index contributed by atoms with van der Waals surface area (Å²) in [6.45, 7) is 5.54. The lowest BCUT2D eigenvalue weighted by atomic mass is 9.87. The minimum absolute atomic E-state index is 0.0688. The largest absolute Gasteiger partial charge is 0.444 e. The minimum atomic E-state index is -0.485. The van der Waals surface area contributed by atoms with Crippen LogP contribution in [0.3, 0.4) is 0 Å². The first-order valence-electron chi connectivity index (χ1n) is 6.94. The van der Waals surface area contributed by atoms with Gasteiger partial charge in [0.15, 0.2) is 0 Å². The highest BCUT2D eigenvalue weighted by Gasteiger charge is 2.23. The van der Waals surface area contributed by atoms with Gasteiger partial charge < -0.3 is 10.1 Å². The van der Waals surface area contributed by atoms with Crippen molar-refractivity contribution in [1.82, 2.24) is 5.32 Å². The SMILES string of the molecule is CC(C)(C)OC(=O)NC1CCc2ccc(C=O)cc2C1. The smallest absolute Gasteiger partial charge is 0.407 e. The maximum atomic E-state index is 11.8. The minimum Gasteiger partial charge on any atom is -0.444 e. The van der Waals surface area contributed by atoms with Crippen LogP contribution in [0.25, 0.3) is 0 Å². The molecule has 1 N–H and O–H groups in total. The third kappa shape index (κ3) is 3.83. The van der Waals surface area contributed by atoms with Gasteiger partial charge in [0.25, 0.3) is 0 Å². The molecule has 0 saturated carbocycles. The Labute approximate surface area is 119 Å². The van der Waals surface area contributed by atoms with Gasteiger partial charge in [0.05, 0.1) is 0 Å². The van der Waals surface area contributed by atoms with Crippen molar-refractivity contribution in [3.8, 4) is 0 Å². The third-order valence-corrected chi connectivity index (χ3v) is 3.32. The van der Waals surface area contributed by atoms with Gasteiger partial charge in [-0.25, -0.2) is 4.79 Å². The number of carbonyl (C=O) groups excluding carboxylic acids is 2. The van der Waals surface area contributed by atoms with Crippen molar-refractivity contribution < 1.29 is 14.3 Å². The van der Waals surface area contributed by atoms with Crippen molar-refractivity contribution in [3.63, 3.8) is 0 Å². The maximum Gasteiger partial charge on any atom is 0.407 e.